The molecule has 2 aromatic carbocycles. The predicted molar refractivity (Wildman–Crippen MR) is 88.0 cm³/mol. The smallest absolute Gasteiger partial charge is 0.344 e. The fourth-order valence-corrected chi connectivity index (χ4v) is 2.41. The van der Waals surface area contributed by atoms with Gasteiger partial charge in [-0.3, -0.25) is 10.1 Å². The van der Waals surface area contributed by atoms with Gasteiger partial charge in [-0.1, -0.05) is 23.7 Å². The Bertz CT molecular complexity index is 749. The van der Waals surface area contributed by atoms with Gasteiger partial charge < -0.3 is 9.64 Å². The van der Waals surface area contributed by atoms with Crippen LogP contribution in [0.4, 0.5) is 11.4 Å². The Morgan fingerprint density at radius 3 is 2.65 bits per heavy atom. The molecule has 0 spiro atoms. The first-order valence-corrected chi connectivity index (χ1v) is 7.12. The van der Waals surface area contributed by atoms with Gasteiger partial charge in [0, 0.05) is 30.4 Å². The number of benzene rings is 2. The molecule has 0 radical (unpaired) electrons. The fourth-order valence-electron chi connectivity index (χ4n) is 2.19. The first-order valence-electron chi connectivity index (χ1n) is 6.74. The molecule has 120 valence electrons. The number of hydrogen-bond acceptors (Lipinski definition) is 5. The van der Waals surface area contributed by atoms with Crippen molar-refractivity contribution in [3.05, 3.63) is 68.7 Å². The van der Waals surface area contributed by atoms with Crippen molar-refractivity contribution in [1.29, 1.82) is 0 Å². The first kappa shape index (κ1) is 16.8. The van der Waals surface area contributed by atoms with Gasteiger partial charge in [0.15, 0.2) is 0 Å². The van der Waals surface area contributed by atoms with E-state index in [4.69, 9.17) is 11.6 Å². The summed E-state index contributed by atoms with van der Waals surface area (Å²) in [7, 11) is 3.01. The summed E-state index contributed by atoms with van der Waals surface area (Å²) >= 11 is 5.96. The third kappa shape index (κ3) is 3.98. The van der Waals surface area contributed by atoms with Crippen molar-refractivity contribution in [2.45, 2.75) is 6.54 Å². The van der Waals surface area contributed by atoms with Crippen LogP contribution in [0.1, 0.15) is 15.9 Å². The average molecular weight is 335 g/mol. The van der Waals surface area contributed by atoms with Crippen LogP contribution >= 0.6 is 11.6 Å². The van der Waals surface area contributed by atoms with Gasteiger partial charge in [0.2, 0.25) is 0 Å². The maximum atomic E-state index is 11.8. The molecule has 23 heavy (non-hydrogen) atoms. The maximum absolute atomic E-state index is 11.8. The molecule has 0 saturated heterocycles. The highest BCUT2D eigenvalue weighted by Crippen LogP contribution is 2.26. The summed E-state index contributed by atoms with van der Waals surface area (Å²) in [6.07, 6.45) is 0. The van der Waals surface area contributed by atoms with Crippen molar-refractivity contribution in [3.8, 4) is 0 Å². The second-order valence-electron chi connectivity index (χ2n) is 4.94. The van der Waals surface area contributed by atoms with Crippen molar-refractivity contribution in [2.24, 2.45) is 0 Å². The molecule has 0 N–H and O–H groups in total. The van der Waals surface area contributed by atoms with Crippen molar-refractivity contribution in [2.75, 3.05) is 19.1 Å². The zero-order valence-electron chi connectivity index (χ0n) is 12.7. The lowest BCUT2D eigenvalue weighted by atomic mass is 10.1. The average Bonchev–Trinajstić information content (AvgIpc) is 2.53. The molecule has 6 nitrogen and oxygen atoms in total. The molecule has 2 rings (SSSR count). The van der Waals surface area contributed by atoms with Crippen molar-refractivity contribution < 1.29 is 14.5 Å². The molecule has 0 aliphatic rings. The second kappa shape index (κ2) is 7.11. The van der Waals surface area contributed by atoms with E-state index in [0.717, 1.165) is 5.56 Å². The maximum Gasteiger partial charge on any atom is 0.344 e. The van der Waals surface area contributed by atoms with Gasteiger partial charge in [0.25, 0.3) is 5.69 Å². The van der Waals surface area contributed by atoms with Gasteiger partial charge in [-0.05, 0) is 29.8 Å². The van der Waals surface area contributed by atoms with Crippen LogP contribution in [0.2, 0.25) is 5.02 Å². The zero-order chi connectivity index (χ0) is 17.0. The second-order valence-corrected chi connectivity index (χ2v) is 5.37. The highest BCUT2D eigenvalue weighted by molar-refractivity contribution is 6.30. The number of nitro benzene ring substituents is 1. The molecule has 0 aliphatic carbocycles. The third-order valence-electron chi connectivity index (χ3n) is 3.33. The minimum absolute atomic E-state index is 0.0760. The van der Waals surface area contributed by atoms with Crippen LogP contribution in [0.5, 0.6) is 0 Å². The van der Waals surface area contributed by atoms with E-state index in [1.807, 2.05) is 30.1 Å². The quantitative estimate of drug-likeness (QED) is 0.474. The number of halogens is 1. The lowest BCUT2D eigenvalue weighted by Crippen LogP contribution is -2.17. The topological polar surface area (TPSA) is 72.7 Å². The van der Waals surface area contributed by atoms with Crippen LogP contribution in [0.25, 0.3) is 0 Å². The Balaban J connectivity index is 2.32. The van der Waals surface area contributed by atoms with Gasteiger partial charge in [-0.2, -0.15) is 0 Å². The summed E-state index contributed by atoms with van der Waals surface area (Å²) in [6, 6.07) is 11.7. The zero-order valence-corrected chi connectivity index (χ0v) is 13.4. The molecule has 2 aromatic rings. The van der Waals surface area contributed by atoms with Crippen molar-refractivity contribution >= 4 is 28.9 Å². The summed E-state index contributed by atoms with van der Waals surface area (Å²) in [5, 5.41) is 11.7. The van der Waals surface area contributed by atoms with E-state index in [2.05, 4.69) is 4.74 Å². The number of carbonyl (C=O) groups is 1. The monoisotopic (exact) mass is 334 g/mol. The van der Waals surface area contributed by atoms with Gasteiger partial charge in [-0.25, -0.2) is 4.79 Å². The molecule has 0 aliphatic heterocycles. The van der Waals surface area contributed by atoms with Crippen LogP contribution in [0, 0.1) is 10.1 Å². The highest BCUT2D eigenvalue weighted by Gasteiger charge is 2.22. The Morgan fingerprint density at radius 1 is 1.30 bits per heavy atom. The number of nitro groups is 1. The number of ether oxygens (including phenoxy) is 1. The standard InChI is InChI=1S/C16H15ClN2O4/c1-18(10-11-4-3-5-12(17)8-11)13-6-7-15(19(21)22)14(9-13)16(20)23-2/h3-9H,10H2,1-2H3. The summed E-state index contributed by atoms with van der Waals surface area (Å²) < 4.78 is 4.62. The lowest BCUT2D eigenvalue weighted by molar-refractivity contribution is -0.385. The van der Waals surface area contributed by atoms with E-state index in [9.17, 15) is 14.9 Å². The van der Waals surface area contributed by atoms with Crippen LogP contribution in [-0.4, -0.2) is 25.1 Å². The summed E-state index contributed by atoms with van der Waals surface area (Å²) in [6.45, 7) is 0.541. The van der Waals surface area contributed by atoms with Gasteiger partial charge in [0.1, 0.15) is 5.56 Å². The minimum atomic E-state index is -0.741. The Hall–Kier alpha value is -2.60. The number of methoxy groups -OCH3 is 1. The molecule has 0 heterocycles. The van der Waals surface area contributed by atoms with Crippen LogP contribution in [-0.2, 0) is 11.3 Å². The molecule has 0 fully saturated rings. The predicted octanol–water partition coefficient (Wildman–Crippen LogP) is 3.67. The molecule has 0 atom stereocenters. The number of esters is 1. The number of nitrogens with zero attached hydrogens (tertiary/aromatic N) is 2. The van der Waals surface area contributed by atoms with E-state index in [0.29, 0.717) is 17.3 Å². The van der Waals surface area contributed by atoms with E-state index >= 15 is 0 Å². The molecular formula is C16H15ClN2O4. The van der Waals surface area contributed by atoms with Crippen LogP contribution in [0.3, 0.4) is 0 Å². The molecule has 0 saturated carbocycles. The number of hydrogen-bond donors (Lipinski definition) is 0. The molecule has 0 amide bonds. The van der Waals surface area contributed by atoms with Crippen LogP contribution in [0.15, 0.2) is 42.5 Å². The van der Waals surface area contributed by atoms with Crippen LogP contribution < -0.4 is 4.90 Å². The minimum Gasteiger partial charge on any atom is -0.465 e. The molecular weight excluding hydrogens is 320 g/mol. The molecule has 0 aromatic heterocycles. The Morgan fingerprint density at radius 2 is 2.04 bits per heavy atom. The number of rotatable bonds is 5. The number of anilines is 1. The van der Waals surface area contributed by atoms with Crippen molar-refractivity contribution in [1.82, 2.24) is 0 Å². The Labute approximate surface area is 138 Å². The van der Waals surface area contributed by atoms with Crippen molar-refractivity contribution in [3.63, 3.8) is 0 Å². The molecule has 0 bridgehead atoms. The Kier molecular flexibility index (Phi) is 5.18. The summed E-state index contributed by atoms with van der Waals surface area (Å²) in [5.74, 6) is -0.741. The lowest BCUT2D eigenvalue weighted by Gasteiger charge is -2.20. The van der Waals surface area contributed by atoms with E-state index in [1.54, 1.807) is 12.1 Å². The largest absolute Gasteiger partial charge is 0.465 e. The molecule has 0 unspecified atom stereocenters. The third-order valence-corrected chi connectivity index (χ3v) is 3.57. The number of carbonyl (C=O) groups excluding carboxylic acids is 1. The van der Waals surface area contributed by atoms with E-state index in [1.165, 1.54) is 19.2 Å². The highest BCUT2D eigenvalue weighted by atomic mass is 35.5. The molecule has 7 heteroatoms. The first-order chi connectivity index (χ1) is 10.9. The normalized spacial score (nSPS) is 10.2. The van der Waals surface area contributed by atoms with E-state index < -0.39 is 10.9 Å². The SMILES string of the molecule is COC(=O)c1cc(N(C)Cc2cccc(Cl)c2)ccc1[N+](=O)[O-]. The van der Waals surface area contributed by atoms with E-state index in [-0.39, 0.29) is 11.3 Å². The van der Waals surface area contributed by atoms with Gasteiger partial charge in [-0.15, -0.1) is 0 Å². The van der Waals surface area contributed by atoms with Gasteiger partial charge >= 0.3 is 5.97 Å². The summed E-state index contributed by atoms with van der Waals surface area (Å²) in [4.78, 5) is 24.0. The van der Waals surface area contributed by atoms with Gasteiger partial charge in [0.05, 0.1) is 12.0 Å². The summed E-state index contributed by atoms with van der Waals surface area (Å²) in [5.41, 5.74) is 1.29. The fraction of sp³-hybridized carbons (Fsp3) is 0.188.